The summed E-state index contributed by atoms with van der Waals surface area (Å²) in [5, 5.41) is 12.3. The van der Waals surface area contributed by atoms with Gasteiger partial charge in [-0.1, -0.05) is 35.3 Å². The van der Waals surface area contributed by atoms with Crippen LogP contribution in [0.1, 0.15) is 35.0 Å². The van der Waals surface area contributed by atoms with Crippen LogP contribution in [-0.4, -0.2) is 16.1 Å². The standard InChI is InChI=1S/C16H17BrN2O2/c1-3-4-12-7-11(16(20)21)8-15(18-12)19-13-6-5-10(2)14(17)9-13/h5-9H,3-4H2,1-2H3,(H,18,19)(H,20,21). The molecule has 4 nitrogen and oxygen atoms in total. The Bertz CT molecular complexity index is 671. The van der Waals surface area contributed by atoms with E-state index in [0.717, 1.165) is 34.3 Å². The lowest BCUT2D eigenvalue weighted by Gasteiger charge is -2.10. The minimum absolute atomic E-state index is 0.252. The second kappa shape index (κ2) is 6.72. The number of rotatable bonds is 5. The van der Waals surface area contributed by atoms with Gasteiger partial charge in [0.15, 0.2) is 0 Å². The van der Waals surface area contributed by atoms with Crippen molar-refractivity contribution in [1.29, 1.82) is 0 Å². The molecule has 21 heavy (non-hydrogen) atoms. The van der Waals surface area contributed by atoms with Crippen LogP contribution < -0.4 is 5.32 Å². The Labute approximate surface area is 132 Å². The average Bonchev–Trinajstić information content (AvgIpc) is 2.43. The van der Waals surface area contributed by atoms with E-state index in [0.29, 0.717) is 5.82 Å². The smallest absolute Gasteiger partial charge is 0.335 e. The summed E-state index contributed by atoms with van der Waals surface area (Å²) < 4.78 is 0.996. The minimum atomic E-state index is -0.942. The first-order chi connectivity index (χ1) is 9.99. The van der Waals surface area contributed by atoms with Crippen LogP contribution in [0.15, 0.2) is 34.8 Å². The maximum atomic E-state index is 11.2. The fraction of sp³-hybridized carbons (Fsp3) is 0.250. The molecule has 0 saturated carbocycles. The summed E-state index contributed by atoms with van der Waals surface area (Å²) in [5.74, 6) is -0.392. The largest absolute Gasteiger partial charge is 0.478 e. The van der Waals surface area contributed by atoms with E-state index in [4.69, 9.17) is 0 Å². The van der Waals surface area contributed by atoms with Crippen molar-refractivity contribution in [2.75, 3.05) is 5.32 Å². The number of pyridine rings is 1. The number of aromatic carboxylic acids is 1. The number of nitrogens with zero attached hydrogens (tertiary/aromatic N) is 1. The Kier molecular flexibility index (Phi) is 4.96. The van der Waals surface area contributed by atoms with Gasteiger partial charge >= 0.3 is 5.97 Å². The normalized spacial score (nSPS) is 10.4. The van der Waals surface area contributed by atoms with E-state index < -0.39 is 5.97 Å². The summed E-state index contributed by atoms with van der Waals surface area (Å²) in [7, 11) is 0. The SMILES string of the molecule is CCCc1cc(C(=O)O)cc(Nc2ccc(C)c(Br)c2)n1. The first-order valence-electron chi connectivity index (χ1n) is 6.77. The van der Waals surface area contributed by atoms with E-state index in [9.17, 15) is 9.90 Å². The molecule has 0 radical (unpaired) electrons. The van der Waals surface area contributed by atoms with Gasteiger partial charge in [-0.15, -0.1) is 0 Å². The zero-order chi connectivity index (χ0) is 15.4. The molecule has 0 saturated heterocycles. The number of hydrogen-bond acceptors (Lipinski definition) is 3. The van der Waals surface area contributed by atoms with Crippen LogP contribution in [0.25, 0.3) is 0 Å². The van der Waals surface area contributed by atoms with Crippen molar-refractivity contribution in [1.82, 2.24) is 4.98 Å². The van der Waals surface area contributed by atoms with Crippen LogP contribution >= 0.6 is 15.9 Å². The molecule has 0 atom stereocenters. The lowest BCUT2D eigenvalue weighted by atomic mass is 10.1. The van der Waals surface area contributed by atoms with Gasteiger partial charge in [0, 0.05) is 15.9 Å². The van der Waals surface area contributed by atoms with Crippen LogP contribution in [0.3, 0.4) is 0 Å². The monoisotopic (exact) mass is 348 g/mol. The number of aryl methyl sites for hydroxylation is 2. The quantitative estimate of drug-likeness (QED) is 0.832. The molecule has 110 valence electrons. The zero-order valence-electron chi connectivity index (χ0n) is 12.0. The molecule has 0 fully saturated rings. The van der Waals surface area contributed by atoms with Gasteiger partial charge in [-0.2, -0.15) is 0 Å². The van der Waals surface area contributed by atoms with Gasteiger partial charge in [0.2, 0.25) is 0 Å². The lowest BCUT2D eigenvalue weighted by molar-refractivity contribution is 0.0696. The lowest BCUT2D eigenvalue weighted by Crippen LogP contribution is -2.04. The predicted octanol–water partition coefficient (Wildman–Crippen LogP) is 4.55. The number of carbonyl (C=O) groups is 1. The number of carboxylic acids is 1. The number of aromatic nitrogens is 1. The van der Waals surface area contributed by atoms with E-state index in [1.165, 1.54) is 0 Å². The maximum absolute atomic E-state index is 11.2. The van der Waals surface area contributed by atoms with E-state index in [-0.39, 0.29) is 5.56 Å². The van der Waals surface area contributed by atoms with Crippen molar-refractivity contribution in [3.63, 3.8) is 0 Å². The molecule has 0 spiro atoms. The molecular formula is C16H17BrN2O2. The summed E-state index contributed by atoms with van der Waals surface area (Å²) in [6, 6.07) is 9.05. The third-order valence-corrected chi connectivity index (χ3v) is 3.93. The van der Waals surface area contributed by atoms with Gasteiger partial charge in [0.05, 0.1) is 5.56 Å². The van der Waals surface area contributed by atoms with Crippen LogP contribution in [0.5, 0.6) is 0 Å². The molecule has 0 aliphatic carbocycles. The van der Waals surface area contributed by atoms with Crippen molar-refractivity contribution >= 4 is 33.4 Å². The number of hydrogen-bond donors (Lipinski definition) is 2. The summed E-state index contributed by atoms with van der Waals surface area (Å²) >= 11 is 3.48. The molecule has 2 aromatic rings. The van der Waals surface area contributed by atoms with Crippen molar-refractivity contribution in [3.8, 4) is 0 Å². The third-order valence-electron chi connectivity index (χ3n) is 3.08. The van der Waals surface area contributed by atoms with Crippen LogP contribution in [0.2, 0.25) is 0 Å². The highest BCUT2D eigenvalue weighted by Gasteiger charge is 2.09. The summed E-state index contributed by atoms with van der Waals surface area (Å²) in [6.45, 7) is 4.05. The molecule has 0 amide bonds. The van der Waals surface area contributed by atoms with Gasteiger partial charge in [0.1, 0.15) is 5.82 Å². The van der Waals surface area contributed by atoms with Crippen molar-refractivity contribution in [2.45, 2.75) is 26.7 Å². The Hall–Kier alpha value is -1.88. The molecule has 2 N–H and O–H groups in total. The van der Waals surface area contributed by atoms with E-state index in [2.05, 4.69) is 26.2 Å². The van der Waals surface area contributed by atoms with Gasteiger partial charge in [-0.05, 0) is 43.2 Å². The molecule has 2 rings (SSSR count). The zero-order valence-corrected chi connectivity index (χ0v) is 13.6. The summed E-state index contributed by atoms with van der Waals surface area (Å²) in [6.07, 6.45) is 1.68. The molecule has 0 bridgehead atoms. The van der Waals surface area contributed by atoms with Gasteiger partial charge in [0.25, 0.3) is 0 Å². The fourth-order valence-electron chi connectivity index (χ4n) is 1.98. The van der Waals surface area contributed by atoms with E-state index in [1.54, 1.807) is 12.1 Å². The number of halogens is 1. The molecule has 1 heterocycles. The molecule has 0 aliphatic rings. The van der Waals surface area contributed by atoms with Crippen molar-refractivity contribution < 1.29 is 9.90 Å². The topological polar surface area (TPSA) is 62.2 Å². The van der Waals surface area contributed by atoms with Crippen molar-refractivity contribution in [3.05, 3.63) is 51.6 Å². The molecule has 1 aromatic carbocycles. The molecule has 5 heteroatoms. The van der Waals surface area contributed by atoms with Gasteiger partial charge < -0.3 is 10.4 Å². The molecule has 0 unspecified atom stereocenters. The summed E-state index contributed by atoms with van der Waals surface area (Å²) in [5.41, 5.74) is 3.04. The number of benzene rings is 1. The number of nitrogens with one attached hydrogen (secondary N) is 1. The molecule has 1 aromatic heterocycles. The first-order valence-corrected chi connectivity index (χ1v) is 7.56. The minimum Gasteiger partial charge on any atom is -0.478 e. The van der Waals surface area contributed by atoms with Gasteiger partial charge in [-0.3, -0.25) is 0 Å². The fourth-order valence-corrected chi connectivity index (χ4v) is 2.36. The highest BCUT2D eigenvalue weighted by Crippen LogP contribution is 2.23. The second-order valence-electron chi connectivity index (χ2n) is 4.88. The first kappa shape index (κ1) is 15.5. The summed E-state index contributed by atoms with van der Waals surface area (Å²) in [4.78, 5) is 15.7. The Balaban J connectivity index is 2.33. The van der Waals surface area contributed by atoms with Gasteiger partial charge in [-0.25, -0.2) is 9.78 Å². The number of carboxylic acid groups (broad SMARTS) is 1. The maximum Gasteiger partial charge on any atom is 0.335 e. The number of anilines is 2. The van der Waals surface area contributed by atoms with Crippen LogP contribution in [-0.2, 0) is 6.42 Å². The van der Waals surface area contributed by atoms with Crippen LogP contribution in [0.4, 0.5) is 11.5 Å². The Morgan fingerprint density at radius 1 is 1.33 bits per heavy atom. The van der Waals surface area contributed by atoms with E-state index >= 15 is 0 Å². The third kappa shape index (κ3) is 4.04. The van der Waals surface area contributed by atoms with Crippen molar-refractivity contribution in [2.24, 2.45) is 0 Å². The highest BCUT2D eigenvalue weighted by molar-refractivity contribution is 9.10. The average molecular weight is 349 g/mol. The van der Waals surface area contributed by atoms with Crippen LogP contribution in [0, 0.1) is 6.92 Å². The second-order valence-corrected chi connectivity index (χ2v) is 5.73. The molecular weight excluding hydrogens is 332 g/mol. The Morgan fingerprint density at radius 2 is 2.10 bits per heavy atom. The predicted molar refractivity (Wildman–Crippen MR) is 87.4 cm³/mol. The van der Waals surface area contributed by atoms with E-state index in [1.807, 2.05) is 32.0 Å². The molecule has 0 aliphatic heterocycles. The highest BCUT2D eigenvalue weighted by atomic mass is 79.9. The Morgan fingerprint density at radius 3 is 2.71 bits per heavy atom.